The van der Waals surface area contributed by atoms with E-state index in [0.717, 1.165) is 0 Å². The van der Waals surface area contributed by atoms with Crippen LogP contribution >= 0.6 is 0 Å². The monoisotopic (exact) mass is 216 g/mol. The van der Waals surface area contributed by atoms with Gasteiger partial charge in [0.05, 0.1) is 0 Å². The number of hydrogen-bond acceptors (Lipinski definition) is 6. The van der Waals surface area contributed by atoms with Crippen molar-refractivity contribution in [3.63, 3.8) is 0 Å². The predicted molar refractivity (Wildman–Crippen MR) is 11.5 cm³/mol. The van der Waals surface area contributed by atoms with E-state index in [1.165, 1.54) is 0 Å². The van der Waals surface area contributed by atoms with Crippen LogP contribution in [0.1, 0.15) is 0 Å². The van der Waals surface area contributed by atoms with Gasteiger partial charge in [-0.25, -0.2) is 0 Å². The van der Waals surface area contributed by atoms with Crippen LogP contribution < -0.4 is 30.1 Å². The maximum Gasteiger partial charge on any atom is 6.00 e. The van der Waals surface area contributed by atoms with Gasteiger partial charge in [0.15, 0.2) is 0 Å². The molecule has 0 spiro atoms. The quantitative estimate of drug-likeness (QED) is 0.366. The van der Waals surface area contributed by atoms with Gasteiger partial charge in [-0.2, -0.15) is 0 Å². The van der Waals surface area contributed by atoms with Crippen LogP contribution in [0.5, 0.6) is 0 Å². The number of hydrogen-bond donors (Lipinski definition) is 0. The smallest absolute Gasteiger partial charge is 0.907 e. The summed E-state index contributed by atoms with van der Waals surface area (Å²) in [6.45, 7) is 0. The molecule has 0 amide bonds. The van der Waals surface area contributed by atoms with Gasteiger partial charge < -0.3 is 30.1 Å². The van der Waals surface area contributed by atoms with Gasteiger partial charge in [-0.3, -0.25) is 14.6 Å². The molecule has 0 saturated heterocycles. The van der Waals surface area contributed by atoms with Crippen molar-refractivity contribution in [2.45, 2.75) is 0 Å². The molecule has 0 aromatic heterocycles. The van der Waals surface area contributed by atoms with Gasteiger partial charge in [0, 0.05) is 0 Å². The average Bonchev–Trinajstić information content (AvgIpc) is 1.25. The standard InChI is InChI=1S/2BO3.Mo/c2*2-1(3)4;/q2*-3;+6. The molecule has 6 nitrogen and oxygen atoms in total. The molecule has 0 aromatic carbocycles. The van der Waals surface area contributed by atoms with Crippen molar-refractivity contribution in [2.24, 2.45) is 0 Å². The molecule has 0 unspecified atom stereocenters. The van der Waals surface area contributed by atoms with E-state index in [1.54, 1.807) is 0 Å². The summed E-state index contributed by atoms with van der Waals surface area (Å²) in [6.07, 6.45) is 0. The van der Waals surface area contributed by atoms with E-state index in [-0.39, 0.29) is 21.1 Å². The summed E-state index contributed by atoms with van der Waals surface area (Å²) in [5.41, 5.74) is 0. The molecule has 48 valence electrons. The fourth-order valence-corrected chi connectivity index (χ4v) is 0. The molecule has 0 radical (unpaired) electrons. The van der Waals surface area contributed by atoms with Crippen molar-refractivity contribution < 1.29 is 51.2 Å². The molecule has 0 fully saturated rings. The Morgan fingerprint density at radius 2 is 0.556 bits per heavy atom. The van der Waals surface area contributed by atoms with Crippen LogP contribution in [0.2, 0.25) is 0 Å². The Kier molecular flexibility index (Phi) is 20.6. The first-order valence-electron chi connectivity index (χ1n) is 1.41. The molecular weight excluding hydrogens is 214 g/mol. The topological polar surface area (TPSA) is 138 Å². The second-order valence-electron chi connectivity index (χ2n) is 0.577. The molecule has 0 rings (SSSR count). The van der Waals surface area contributed by atoms with E-state index in [1.807, 2.05) is 0 Å². The summed E-state index contributed by atoms with van der Waals surface area (Å²) in [6, 6.07) is 0. The molecule has 0 saturated carbocycles. The van der Waals surface area contributed by atoms with Crippen molar-refractivity contribution in [1.29, 1.82) is 0 Å². The van der Waals surface area contributed by atoms with Gasteiger partial charge in [0.2, 0.25) is 0 Å². The molecule has 0 aliphatic carbocycles. The first-order chi connectivity index (χ1) is 3.46. The fraction of sp³-hybridized carbons (Fsp3) is 0. The third kappa shape index (κ3) is 1110. The minimum absolute atomic E-state index is 0. The third-order valence-electron chi connectivity index (χ3n) is 0. The third-order valence-corrected chi connectivity index (χ3v) is 0. The molecule has 0 N–H and O–H groups in total. The summed E-state index contributed by atoms with van der Waals surface area (Å²) >= 11 is 0. The number of rotatable bonds is 0. The van der Waals surface area contributed by atoms with Gasteiger partial charge in [-0.1, -0.05) is 0 Å². The minimum Gasteiger partial charge on any atom is -0.907 e. The van der Waals surface area contributed by atoms with E-state index in [0.29, 0.717) is 0 Å². The zero-order valence-electron chi connectivity index (χ0n) is 4.01. The summed E-state index contributed by atoms with van der Waals surface area (Å²) in [7, 11) is -5.83. The van der Waals surface area contributed by atoms with Crippen LogP contribution in [0.4, 0.5) is 0 Å². The Morgan fingerprint density at radius 3 is 0.556 bits per heavy atom. The Labute approximate surface area is 66.4 Å². The first-order valence-corrected chi connectivity index (χ1v) is 1.41. The fourth-order valence-electron chi connectivity index (χ4n) is 0. The van der Waals surface area contributed by atoms with Gasteiger partial charge in [-0.15, -0.1) is 0 Å². The Morgan fingerprint density at radius 1 is 0.556 bits per heavy atom. The second-order valence-corrected chi connectivity index (χ2v) is 0.577. The summed E-state index contributed by atoms with van der Waals surface area (Å²) in [5, 5.41) is 50.5. The van der Waals surface area contributed by atoms with Crippen molar-refractivity contribution in [1.82, 2.24) is 0 Å². The van der Waals surface area contributed by atoms with Crippen molar-refractivity contribution in [2.75, 3.05) is 0 Å². The Hall–Kier alpha value is 0.578. The van der Waals surface area contributed by atoms with E-state index < -0.39 is 14.6 Å². The van der Waals surface area contributed by atoms with Gasteiger partial charge in [0.25, 0.3) is 0 Å². The van der Waals surface area contributed by atoms with E-state index >= 15 is 0 Å². The molecule has 0 aliphatic rings. The molecule has 0 bridgehead atoms. The molecule has 0 aromatic rings. The van der Waals surface area contributed by atoms with Crippen molar-refractivity contribution in [3.8, 4) is 0 Å². The molecule has 9 heavy (non-hydrogen) atoms. The summed E-state index contributed by atoms with van der Waals surface area (Å²) in [5.74, 6) is 0. The van der Waals surface area contributed by atoms with E-state index in [2.05, 4.69) is 0 Å². The van der Waals surface area contributed by atoms with Crippen LogP contribution in [0.3, 0.4) is 0 Å². The maximum atomic E-state index is 8.42. The van der Waals surface area contributed by atoms with Crippen LogP contribution in [0.15, 0.2) is 0 Å². The molecule has 0 heterocycles. The Bertz CT molecular complexity index is 26.5. The summed E-state index contributed by atoms with van der Waals surface area (Å²) in [4.78, 5) is 0. The Balaban J connectivity index is -0.0000000720. The van der Waals surface area contributed by atoms with Crippen molar-refractivity contribution >= 4 is 14.6 Å². The van der Waals surface area contributed by atoms with Gasteiger partial charge >= 0.3 is 21.1 Å². The molecule has 9 heteroatoms. The van der Waals surface area contributed by atoms with Crippen LogP contribution in [-0.2, 0) is 21.1 Å². The van der Waals surface area contributed by atoms with Crippen LogP contribution in [0.25, 0.3) is 0 Å². The van der Waals surface area contributed by atoms with Gasteiger partial charge in [-0.05, 0) is 0 Å². The minimum atomic E-state index is -2.92. The zero-order valence-corrected chi connectivity index (χ0v) is 6.02. The first kappa shape index (κ1) is 16.3. The SMILES string of the molecule is [Mo+6].[O-]B([O-])[O-].[O-]B([O-])[O-]. The average molecular weight is 214 g/mol. The predicted octanol–water partition coefficient (Wildman–Crippen LogP) is -7.90. The zero-order chi connectivity index (χ0) is 7.15. The van der Waals surface area contributed by atoms with Crippen LogP contribution in [0, 0.1) is 0 Å². The van der Waals surface area contributed by atoms with E-state index in [4.69, 9.17) is 30.1 Å². The molecule has 0 atom stereocenters. The maximum absolute atomic E-state index is 8.42. The normalized spacial score (nSPS) is 6.00. The van der Waals surface area contributed by atoms with Crippen molar-refractivity contribution in [3.05, 3.63) is 0 Å². The molecule has 0 aliphatic heterocycles. The van der Waals surface area contributed by atoms with E-state index in [9.17, 15) is 0 Å². The second kappa shape index (κ2) is 11.4. The van der Waals surface area contributed by atoms with Crippen LogP contribution in [-0.4, -0.2) is 14.6 Å². The largest absolute Gasteiger partial charge is 6.00 e. The molecular formula is B2MoO6. The summed E-state index contributed by atoms with van der Waals surface area (Å²) < 4.78 is 0. The van der Waals surface area contributed by atoms with Gasteiger partial charge in [0.1, 0.15) is 0 Å².